The number of aliphatic carboxylic acids is 1. The van der Waals surface area contributed by atoms with Crippen LogP contribution in [0.1, 0.15) is 29.7 Å². The van der Waals surface area contributed by atoms with Gasteiger partial charge in [0.05, 0.1) is 24.6 Å². The Morgan fingerprint density at radius 1 is 1.06 bits per heavy atom. The fourth-order valence-corrected chi connectivity index (χ4v) is 4.81. The predicted molar refractivity (Wildman–Crippen MR) is 127 cm³/mol. The van der Waals surface area contributed by atoms with E-state index < -0.39 is 5.97 Å². The number of nitrogens with zero attached hydrogens (tertiary/aromatic N) is 1. The van der Waals surface area contributed by atoms with E-state index in [1.165, 1.54) is 10.7 Å². The van der Waals surface area contributed by atoms with Gasteiger partial charge in [-0.3, -0.25) is 9.78 Å². The molecule has 1 aliphatic rings. The minimum absolute atomic E-state index is 0.0129. The summed E-state index contributed by atoms with van der Waals surface area (Å²) in [5.41, 5.74) is 3.94. The van der Waals surface area contributed by atoms with Crippen LogP contribution in [0.2, 0.25) is 0 Å². The average Bonchev–Trinajstić information content (AvgIpc) is 3.02. The fourth-order valence-electron chi connectivity index (χ4n) is 3.68. The molecule has 0 bridgehead atoms. The number of carboxylic acids is 1. The summed E-state index contributed by atoms with van der Waals surface area (Å²) in [6.45, 7) is 0.422. The van der Waals surface area contributed by atoms with Gasteiger partial charge < -0.3 is 9.84 Å². The number of ether oxygens (including phenoxy) is 1. The Morgan fingerprint density at radius 2 is 1.87 bits per heavy atom. The van der Waals surface area contributed by atoms with E-state index in [4.69, 9.17) is 14.8 Å². The van der Waals surface area contributed by atoms with Gasteiger partial charge in [0.25, 0.3) is 0 Å². The standard InChI is InChI=1S/C26H26NO3P/c28-26(29)16-20-7-1-2-8-21(20)17-30-23-9-5-10-24(15-14-23)31-18-22-13-12-19-6-3-4-11-25(19)27-22/h1-9,11-13,15,23,31H,10,14,16-18H2,(H,28,29). The minimum Gasteiger partial charge on any atom is -0.481 e. The van der Waals surface area contributed by atoms with E-state index in [0.717, 1.165) is 41.3 Å². The van der Waals surface area contributed by atoms with Gasteiger partial charge in [-0.25, -0.2) is 0 Å². The lowest BCUT2D eigenvalue weighted by Gasteiger charge is -2.14. The average molecular weight is 431 g/mol. The molecule has 4 rings (SSSR count). The normalized spacial score (nSPS) is 16.5. The maximum Gasteiger partial charge on any atom is 0.307 e. The molecule has 2 unspecified atom stereocenters. The van der Waals surface area contributed by atoms with Gasteiger partial charge in [0.2, 0.25) is 0 Å². The van der Waals surface area contributed by atoms with Crippen LogP contribution in [0, 0.1) is 0 Å². The van der Waals surface area contributed by atoms with Gasteiger partial charge in [-0.15, -0.1) is 0 Å². The number of aromatic nitrogens is 1. The van der Waals surface area contributed by atoms with Crippen molar-refractivity contribution in [3.63, 3.8) is 0 Å². The lowest BCUT2D eigenvalue weighted by Crippen LogP contribution is -2.10. The third kappa shape index (κ3) is 6.10. The Hall–Kier alpha value is -2.81. The van der Waals surface area contributed by atoms with E-state index in [0.29, 0.717) is 15.2 Å². The lowest BCUT2D eigenvalue weighted by molar-refractivity contribution is -0.136. The number of hydrogen-bond donors (Lipinski definition) is 1. The summed E-state index contributed by atoms with van der Waals surface area (Å²) in [7, 11) is 0.712. The van der Waals surface area contributed by atoms with Crippen molar-refractivity contribution in [3.05, 3.63) is 101 Å². The molecule has 1 aliphatic carbocycles. The van der Waals surface area contributed by atoms with Gasteiger partial charge >= 0.3 is 5.97 Å². The molecule has 0 spiro atoms. The maximum atomic E-state index is 11.1. The first-order chi connectivity index (χ1) is 15.2. The number of carboxylic acid groups (broad SMARTS) is 1. The zero-order chi connectivity index (χ0) is 21.5. The van der Waals surface area contributed by atoms with Crippen molar-refractivity contribution in [3.8, 4) is 0 Å². The predicted octanol–water partition coefficient (Wildman–Crippen LogP) is 5.86. The quantitative estimate of drug-likeness (QED) is 0.359. The van der Waals surface area contributed by atoms with Gasteiger partial charge in [-0.1, -0.05) is 75.3 Å². The summed E-state index contributed by atoms with van der Waals surface area (Å²) in [5.74, 6) is -0.823. The number of fused-ring (bicyclic) bond motifs is 1. The van der Waals surface area contributed by atoms with Crippen molar-refractivity contribution in [1.82, 2.24) is 4.98 Å². The second kappa shape index (κ2) is 10.5. The largest absolute Gasteiger partial charge is 0.481 e. The van der Waals surface area contributed by atoms with Crippen LogP contribution >= 0.6 is 8.58 Å². The number of carbonyl (C=O) groups is 1. The molecule has 31 heavy (non-hydrogen) atoms. The van der Waals surface area contributed by atoms with Crippen LogP contribution < -0.4 is 0 Å². The number of benzene rings is 2. The molecule has 3 aromatic rings. The van der Waals surface area contributed by atoms with E-state index in [2.05, 4.69) is 42.5 Å². The first-order valence-corrected chi connectivity index (χ1v) is 11.7. The first-order valence-electron chi connectivity index (χ1n) is 10.5. The van der Waals surface area contributed by atoms with Crippen molar-refractivity contribution in [2.24, 2.45) is 0 Å². The third-order valence-corrected chi connectivity index (χ3v) is 6.75. The highest BCUT2D eigenvalue weighted by Gasteiger charge is 2.12. The van der Waals surface area contributed by atoms with Crippen molar-refractivity contribution in [1.29, 1.82) is 0 Å². The zero-order valence-electron chi connectivity index (χ0n) is 17.3. The SMILES string of the molecule is O=C(O)Cc1ccccc1COC1C=CCC(PCc2ccc3ccccc3n2)=CC1. The molecule has 5 heteroatoms. The van der Waals surface area contributed by atoms with E-state index >= 15 is 0 Å². The highest BCUT2D eigenvalue weighted by molar-refractivity contribution is 7.42. The van der Waals surface area contributed by atoms with Crippen LogP contribution in [0.3, 0.4) is 0 Å². The van der Waals surface area contributed by atoms with Crippen LogP contribution in [0.15, 0.2) is 84.2 Å². The Balaban J connectivity index is 1.32. The van der Waals surface area contributed by atoms with Crippen LogP contribution in [-0.2, 0) is 28.7 Å². The summed E-state index contributed by atoms with van der Waals surface area (Å²) in [5, 5.41) is 11.7. The molecule has 0 aliphatic heterocycles. The topological polar surface area (TPSA) is 59.4 Å². The highest BCUT2D eigenvalue weighted by atomic mass is 31.1. The van der Waals surface area contributed by atoms with Crippen LogP contribution in [0.25, 0.3) is 10.9 Å². The molecule has 0 saturated heterocycles. The molecular formula is C26H26NO3P. The summed E-state index contributed by atoms with van der Waals surface area (Å²) >= 11 is 0. The molecule has 1 aromatic heterocycles. The molecule has 0 radical (unpaired) electrons. The number of para-hydroxylation sites is 1. The Labute approximate surface area is 184 Å². The Morgan fingerprint density at radius 3 is 2.74 bits per heavy atom. The van der Waals surface area contributed by atoms with E-state index in [-0.39, 0.29) is 12.5 Å². The fraction of sp³-hybridized carbons (Fsp3) is 0.231. The minimum atomic E-state index is -0.823. The second-order valence-electron chi connectivity index (χ2n) is 7.63. The van der Waals surface area contributed by atoms with Gasteiger partial charge in [-0.05, 0) is 41.4 Å². The molecule has 0 saturated carbocycles. The van der Waals surface area contributed by atoms with E-state index in [1.807, 2.05) is 36.4 Å². The first kappa shape index (κ1) is 21.4. The molecule has 0 fully saturated rings. The lowest BCUT2D eigenvalue weighted by atomic mass is 10.1. The van der Waals surface area contributed by atoms with Gasteiger partial charge in [0.15, 0.2) is 0 Å². The zero-order valence-corrected chi connectivity index (χ0v) is 18.3. The third-order valence-electron chi connectivity index (χ3n) is 5.35. The number of pyridine rings is 1. The monoisotopic (exact) mass is 431 g/mol. The summed E-state index contributed by atoms with van der Waals surface area (Å²) in [4.78, 5) is 15.9. The smallest absolute Gasteiger partial charge is 0.307 e. The molecule has 1 heterocycles. The number of allylic oxidation sites excluding steroid dienone is 2. The summed E-state index contributed by atoms with van der Waals surface area (Å²) in [6.07, 6.45) is 9.39. The molecule has 2 atom stereocenters. The van der Waals surface area contributed by atoms with Crippen LogP contribution in [0.4, 0.5) is 0 Å². The molecular weight excluding hydrogens is 405 g/mol. The number of hydrogen-bond acceptors (Lipinski definition) is 3. The molecule has 2 aromatic carbocycles. The van der Waals surface area contributed by atoms with E-state index in [9.17, 15) is 4.79 Å². The second-order valence-corrected chi connectivity index (χ2v) is 8.98. The van der Waals surface area contributed by atoms with Gasteiger partial charge in [-0.2, -0.15) is 0 Å². The molecule has 4 nitrogen and oxygen atoms in total. The summed E-state index contributed by atoms with van der Waals surface area (Å²) < 4.78 is 6.10. The summed E-state index contributed by atoms with van der Waals surface area (Å²) in [6, 6.07) is 20.1. The molecule has 158 valence electrons. The van der Waals surface area contributed by atoms with Gasteiger partial charge in [0.1, 0.15) is 0 Å². The van der Waals surface area contributed by atoms with E-state index in [1.54, 1.807) is 0 Å². The van der Waals surface area contributed by atoms with Crippen molar-refractivity contribution in [2.75, 3.05) is 0 Å². The number of rotatable bonds is 8. The Bertz CT molecular complexity index is 1120. The highest BCUT2D eigenvalue weighted by Crippen LogP contribution is 2.33. The van der Waals surface area contributed by atoms with Crippen molar-refractivity contribution < 1.29 is 14.6 Å². The maximum absolute atomic E-state index is 11.1. The van der Waals surface area contributed by atoms with Crippen molar-refractivity contribution >= 4 is 25.5 Å². The van der Waals surface area contributed by atoms with Crippen molar-refractivity contribution in [2.45, 2.75) is 38.1 Å². The van der Waals surface area contributed by atoms with Crippen LogP contribution in [-0.4, -0.2) is 22.2 Å². The molecule has 0 amide bonds. The van der Waals surface area contributed by atoms with Crippen LogP contribution in [0.5, 0.6) is 0 Å². The Kier molecular flexibility index (Phi) is 7.24. The van der Waals surface area contributed by atoms with Gasteiger partial charge in [0, 0.05) is 17.2 Å². The molecule has 1 N–H and O–H groups in total.